The molecule has 1 saturated heterocycles. The summed E-state index contributed by atoms with van der Waals surface area (Å²) in [4.78, 5) is 2.48. The van der Waals surface area contributed by atoms with E-state index in [9.17, 15) is 0 Å². The van der Waals surface area contributed by atoms with Gasteiger partial charge in [-0.1, -0.05) is 13.0 Å². The Hall–Kier alpha value is -0.970. The van der Waals surface area contributed by atoms with Crippen LogP contribution in [0.15, 0.2) is 18.2 Å². The Balaban J connectivity index is 0.00000242. The van der Waals surface area contributed by atoms with E-state index in [-0.39, 0.29) is 12.4 Å². The maximum Gasteiger partial charge on any atom is 0.161 e. The summed E-state index contributed by atoms with van der Waals surface area (Å²) in [6.07, 6.45) is 1.01. The van der Waals surface area contributed by atoms with Crippen LogP contribution in [0.25, 0.3) is 0 Å². The molecule has 1 aliphatic heterocycles. The topological polar surface area (TPSA) is 33.7 Å². The van der Waals surface area contributed by atoms with Crippen molar-refractivity contribution in [1.29, 1.82) is 0 Å². The molecular weight excluding hydrogens is 300 g/mol. The molecule has 1 aromatic carbocycles. The number of nitrogens with zero attached hydrogens (tertiary/aromatic N) is 1. The van der Waals surface area contributed by atoms with Gasteiger partial charge >= 0.3 is 0 Å². The number of hydrogen-bond donors (Lipinski definition) is 1. The van der Waals surface area contributed by atoms with Gasteiger partial charge < -0.3 is 14.8 Å². The highest BCUT2D eigenvalue weighted by atomic mass is 35.5. The largest absolute Gasteiger partial charge is 0.490 e. The number of nitrogens with one attached hydrogen (secondary N) is 1. The first-order chi connectivity index (χ1) is 10.2. The van der Waals surface area contributed by atoms with Crippen LogP contribution in [0.3, 0.4) is 0 Å². The van der Waals surface area contributed by atoms with E-state index in [1.54, 1.807) is 0 Å². The van der Waals surface area contributed by atoms with Gasteiger partial charge in [-0.05, 0) is 38.0 Å². The van der Waals surface area contributed by atoms with Crippen LogP contribution in [0, 0.1) is 0 Å². The van der Waals surface area contributed by atoms with Crippen molar-refractivity contribution in [3.8, 4) is 11.5 Å². The van der Waals surface area contributed by atoms with Crippen LogP contribution in [0.5, 0.6) is 11.5 Å². The fourth-order valence-corrected chi connectivity index (χ4v) is 2.66. The number of hydrogen-bond acceptors (Lipinski definition) is 4. The molecule has 22 heavy (non-hydrogen) atoms. The van der Waals surface area contributed by atoms with Gasteiger partial charge in [-0.25, -0.2) is 0 Å². The molecule has 0 amide bonds. The predicted molar refractivity (Wildman–Crippen MR) is 93.4 cm³/mol. The van der Waals surface area contributed by atoms with Gasteiger partial charge in [-0.15, -0.1) is 12.4 Å². The van der Waals surface area contributed by atoms with E-state index in [2.05, 4.69) is 36.2 Å². The lowest BCUT2D eigenvalue weighted by Crippen LogP contribution is -2.48. The Morgan fingerprint density at radius 1 is 1.23 bits per heavy atom. The number of ether oxygens (including phenoxy) is 2. The lowest BCUT2D eigenvalue weighted by Gasteiger charge is -2.31. The van der Waals surface area contributed by atoms with Crippen molar-refractivity contribution in [2.45, 2.75) is 39.8 Å². The number of benzene rings is 1. The van der Waals surface area contributed by atoms with Crippen molar-refractivity contribution in [1.82, 2.24) is 10.2 Å². The Morgan fingerprint density at radius 3 is 2.73 bits per heavy atom. The minimum Gasteiger partial charge on any atom is -0.490 e. The van der Waals surface area contributed by atoms with E-state index in [4.69, 9.17) is 9.47 Å². The molecule has 1 aromatic rings. The van der Waals surface area contributed by atoms with Crippen LogP contribution in [0.1, 0.15) is 32.8 Å². The zero-order chi connectivity index (χ0) is 15.1. The summed E-state index contributed by atoms with van der Waals surface area (Å²) in [5.41, 5.74) is 1.29. The van der Waals surface area contributed by atoms with Gasteiger partial charge in [0.15, 0.2) is 11.5 Å². The molecule has 1 heterocycles. The summed E-state index contributed by atoms with van der Waals surface area (Å²) in [6, 6.07) is 6.89. The highest BCUT2D eigenvalue weighted by Crippen LogP contribution is 2.29. The smallest absolute Gasteiger partial charge is 0.161 e. The summed E-state index contributed by atoms with van der Waals surface area (Å²) in [5, 5.41) is 3.48. The first-order valence-corrected chi connectivity index (χ1v) is 8.07. The van der Waals surface area contributed by atoms with E-state index in [0.717, 1.165) is 50.7 Å². The van der Waals surface area contributed by atoms with Crippen molar-refractivity contribution < 1.29 is 9.47 Å². The predicted octanol–water partition coefficient (Wildman–Crippen LogP) is 3.09. The molecule has 4 nitrogen and oxygen atoms in total. The Morgan fingerprint density at radius 2 is 2.05 bits per heavy atom. The van der Waals surface area contributed by atoms with E-state index in [1.165, 1.54) is 5.56 Å². The first kappa shape index (κ1) is 19.1. The third kappa shape index (κ3) is 5.67. The third-order valence-corrected chi connectivity index (χ3v) is 3.63. The highest BCUT2D eigenvalue weighted by Gasteiger charge is 2.16. The molecule has 1 fully saturated rings. The van der Waals surface area contributed by atoms with Gasteiger partial charge in [0.2, 0.25) is 0 Å². The number of piperazine rings is 1. The van der Waals surface area contributed by atoms with Crippen LogP contribution in [-0.2, 0) is 6.54 Å². The molecule has 0 aromatic heterocycles. The molecule has 2 rings (SSSR count). The zero-order valence-electron chi connectivity index (χ0n) is 13.9. The molecule has 126 valence electrons. The lowest BCUT2D eigenvalue weighted by atomic mass is 10.1. The summed E-state index contributed by atoms with van der Waals surface area (Å²) in [7, 11) is 0. The highest BCUT2D eigenvalue weighted by molar-refractivity contribution is 5.85. The molecule has 0 spiro atoms. The molecular formula is C17H29ClN2O2. The summed E-state index contributed by atoms with van der Waals surface area (Å²) in [5.74, 6) is 1.72. The van der Waals surface area contributed by atoms with E-state index in [1.807, 2.05) is 13.0 Å². The van der Waals surface area contributed by atoms with Gasteiger partial charge in [0.05, 0.1) is 13.2 Å². The van der Waals surface area contributed by atoms with Crippen molar-refractivity contribution >= 4 is 12.4 Å². The van der Waals surface area contributed by atoms with Crippen LogP contribution in [-0.4, -0.2) is 43.8 Å². The average Bonchev–Trinajstić information content (AvgIpc) is 2.47. The molecule has 1 atom stereocenters. The second kappa shape index (κ2) is 9.93. The van der Waals surface area contributed by atoms with Crippen molar-refractivity contribution in [3.63, 3.8) is 0 Å². The van der Waals surface area contributed by atoms with Crippen molar-refractivity contribution in [3.05, 3.63) is 23.8 Å². The summed E-state index contributed by atoms with van der Waals surface area (Å²) >= 11 is 0. The van der Waals surface area contributed by atoms with E-state index < -0.39 is 0 Å². The first-order valence-electron chi connectivity index (χ1n) is 8.07. The molecule has 0 unspecified atom stereocenters. The number of halogens is 1. The molecule has 1 aliphatic rings. The van der Waals surface area contributed by atoms with Crippen molar-refractivity contribution in [2.75, 3.05) is 32.8 Å². The van der Waals surface area contributed by atoms with Crippen molar-refractivity contribution in [2.24, 2.45) is 0 Å². The Labute approximate surface area is 140 Å². The van der Waals surface area contributed by atoms with Gasteiger partial charge in [0.25, 0.3) is 0 Å². The molecule has 0 saturated carbocycles. The monoisotopic (exact) mass is 328 g/mol. The fourth-order valence-electron chi connectivity index (χ4n) is 2.66. The second-order valence-electron chi connectivity index (χ2n) is 5.65. The Kier molecular flexibility index (Phi) is 8.61. The normalized spacial score (nSPS) is 18.6. The minimum absolute atomic E-state index is 0. The van der Waals surface area contributed by atoms with Crippen LogP contribution in [0.2, 0.25) is 0 Å². The maximum absolute atomic E-state index is 5.75. The average molecular weight is 329 g/mol. The molecule has 5 heteroatoms. The molecule has 0 radical (unpaired) electrons. The SMILES string of the molecule is CCCOc1ccc(CN2CCN[C@H](C)C2)cc1OCC.Cl. The van der Waals surface area contributed by atoms with E-state index >= 15 is 0 Å². The Bertz CT molecular complexity index is 443. The fraction of sp³-hybridized carbons (Fsp3) is 0.647. The molecule has 0 aliphatic carbocycles. The quantitative estimate of drug-likeness (QED) is 0.834. The van der Waals surface area contributed by atoms with Crippen LogP contribution < -0.4 is 14.8 Å². The molecule has 1 N–H and O–H groups in total. The molecule has 0 bridgehead atoms. The van der Waals surface area contributed by atoms with Gasteiger partial charge in [-0.3, -0.25) is 4.90 Å². The van der Waals surface area contributed by atoms with Gasteiger partial charge in [0, 0.05) is 32.2 Å². The van der Waals surface area contributed by atoms with Gasteiger partial charge in [0.1, 0.15) is 0 Å². The third-order valence-electron chi connectivity index (χ3n) is 3.63. The second-order valence-corrected chi connectivity index (χ2v) is 5.65. The van der Waals surface area contributed by atoms with E-state index in [0.29, 0.717) is 12.6 Å². The summed E-state index contributed by atoms with van der Waals surface area (Å²) < 4.78 is 11.5. The van der Waals surface area contributed by atoms with Gasteiger partial charge in [-0.2, -0.15) is 0 Å². The minimum atomic E-state index is 0. The maximum atomic E-state index is 5.75. The standard InChI is InChI=1S/C17H28N2O2.ClH/c1-4-10-21-16-7-6-15(11-17(16)20-5-2)13-19-9-8-18-14(3)12-19;/h6-7,11,14,18H,4-5,8-10,12-13H2,1-3H3;1H/t14-;/m1./s1. The zero-order valence-corrected chi connectivity index (χ0v) is 14.7. The summed E-state index contributed by atoms with van der Waals surface area (Å²) in [6.45, 7) is 12.0. The lowest BCUT2D eigenvalue weighted by molar-refractivity contribution is 0.199. The van der Waals surface area contributed by atoms with Crippen LogP contribution in [0.4, 0.5) is 0 Å². The van der Waals surface area contributed by atoms with Crippen LogP contribution >= 0.6 is 12.4 Å². The number of rotatable bonds is 7.